The Morgan fingerprint density at radius 2 is 2.18 bits per heavy atom. The van der Waals surface area contributed by atoms with Gasteiger partial charge in [0.15, 0.2) is 0 Å². The van der Waals surface area contributed by atoms with Gasteiger partial charge in [-0.25, -0.2) is 9.50 Å². The Kier molecular flexibility index (Phi) is 4.33. The number of cyclic esters (lactones) is 1. The van der Waals surface area contributed by atoms with Gasteiger partial charge < -0.3 is 4.74 Å². The average molecular weight is 320 g/mol. The molecule has 2 aromatic rings. The van der Waals surface area contributed by atoms with Gasteiger partial charge in [0.25, 0.3) is 5.78 Å². The van der Waals surface area contributed by atoms with E-state index in [4.69, 9.17) is 4.74 Å². The number of hydrogen-bond donors (Lipinski definition) is 0. The van der Waals surface area contributed by atoms with E-state index in [1.807, 2.05) is 6.92 Å². The van der Waals surface area contributed by atoms with E-state index in [1.165, 1.54) is 17.3 Å². The second-order valence-electron chi connectivity index (χ2n) is 5.53. The maximum absolute atomic E-state index is 11.6. The second-order valence-corrected chi connectivity index (χ2v) is 6.70. The monoisotopic (exact) mass is 320 g/mol. The highest BCUT2D eigenvalue weighted by molar-refractivity contribution is 8.00. The lowest BCUT2D eigenvalue weighted by atomic mass is 10.1. The van der Waals surface area contributed by atoms with Gasteiger partial charge in [0.1, 0.15) is 5.25 Å². The summed E-state index contributed by atoms with van der Waals surface area (Å²) in [6.07, 6.45) is 4.01. The number of thioether (sulfide) groups is 1. The van der Waals surface area contributed by atoms with E-state index in [1.54, 1.807) is 4.52 Å². The van der Waals surface area contributed by atoms with Crippen LogP contribution in [-0.4, -0.2) is 37.4 Å². The summed E-state index contributed by atoms with van der Waals surface area (Å²) in [6.45, 7) is 6.75. The zero-order valence-electron chi connectivity index (χ0n) is 13.1. The van der Waals surface area contributed by atoms with Crippen LogP contribution in [0.15, 0.2) is 5.16 Å². The number of carbonyl (C=O) groups excluding carboxylic acids is 1. The number of aromatic nitrogens is 4. The van der Waals surface area contributed by atoms with Crippen molar-refractivity contribution < 1.29 is 9.53 Å². The molecule has 1 aliphatic heterocycles. The summed E-state index contributed by atoms with van der Waals surface area (Å²) in [5, 5.41) is 4.91. The Morgan fingerprint density at radius 1 is 1.36 bits per heavy atom. The van der Waals surface area contributed by atoms with Crippen LogP contribution in [0.4, 0.5) is 0 Å². The molecule has 0 saturated carbocycles. The molecule has 0 amide bonds. The van der Waals surface area contributed by atoms with Gasteiger partial charge in [0.2, 0.25) is 5.16 Å². The van der Waals surface area contributed by atoms with Crippen LogP contribution in [0, 0.1) is 13.8 Å². The first-order valence-corrected chi connectivity index (χ1v) is 8.54. The first-order valence-electron chi connectivity index (χ1n) is 7.66. The molecule has 0 spiro atoms. The van der Waals surface area contributed by atoms with Gasteiger partial charge in [-0.15, -0.1) is 5.10 Å². The Bertz CT molecular complexity index is 713. The van der Waals surface area contributed by atoms with Crippen LogP contribution in [0.5, 0.6) is 0 Å². The number of ether oxygens (including phenoxy) is 1. The summed E-state index contributed by atoms with van der Waals surface area (Å²) >= 11 is 1.37. The van der Waals surface area contributed by atoms with Crippen molar-refractivity contribution in [3.05, 3.63) is 17.0 Å². The standard InChI is InChI=1S/C15H20N4O2S/c1-4-5-6-11-9(2)16-14-17-15(18-19(14)10(11)3)22-12-7-8-21-13(12)20/h12H,4-8H2,1-3H3. The van der Waals surface area contributed by atoms with Crippen molar-refractivity contribution in [2.24, 2.45) is 0 Å². The maximum Gasteiger partial charge on any atom is 0.319 e. The van der Waals surface area contributed by atoms with Crippen LogP contribution in [0.2, 0.25) is 0 Å². The van der Waals surface area contributed by atoms with E-state index in [2.05, 4.69) is 28.9 Å². The van der Waals surface area contributed by atoms with Gasteiger partial charge in [-0.1, -0.05) is 25.1 Å². The van der Waals surface area contributed by atoms with Gasteiger partial charge >= 0.3 is 5.97 Å². The number of aryl methyl sites for hydroxylation is 2. The van der Waals surface area contributed by atoms with Crippen molar-refractivity contribution in [1.82, 2.24) is 19.6 Å². The smallest absolute Gasteiger partial charge is 0.319 e. The molecule has 6 nitrogen and oxygen atoms in total. The fourth-order valence-corrected chi connectivity index (χ4v) is 3.56. The minimum absolute atomic E-state index is 0.173. The summed E-state index contributed by atoms with van der Waals surface area (Å²) in [5.74, 6) is 0.428. The Labute approximate surface area is 133 Å². The van der Waals surface area contributed by atoms with E-state index >= 15 is 0 Å². The molecule has 7 heteroatoms. The molecule has 118 valence electrons. The molecule has 1 atom stereocenters. The predicted molar refractivity (Wildman–Crippen MR) is 84.1 cm³/mol. The van der Waals surface area contributed by atoms with Crippen molar-refractivity contribution in [1.29, 1.82) is 0 Å². The third kappa shape index (κ3) is 2.82. The lowest BCUT2D eigenvalue weighted by molar-refractivity contribution is -0.137. The normalized spacial score (nSPS) is 18.1. The van der Waals surface area contributed by atoms with Crippen molar-refractivity contribution in [2.75, 3.05) is 6.61 Å². The number of unbranched alkanes of at least 4 members (excludes halogenated alkanes) is 1. The van der Waals surface area contributed by atoms with Gasteiger partial charge in [0, 0.05) is 17.8 Å². The lowest BCUT2D eigenvalue weighted by Gasteiger charge is -2.09. The van der Waals surface area contributed by atoms with E-state index in [0.717, 1.165) is 30.7 Å². The highest BCUT2D eigenvalue weighted by Crippen LogP contribution is 2.28. The number of hydrogen-bond acceptors (Lipinski definition) is 6. The minimum Gasteiger partial charge on any atom is -0.465 e. The van der Waals surface area contributed by atoms with E-state index in [0.29, 0.717) is 24.0 Å². The molecule has 1 fully saturated rings. The number of nitrogens with zero attached hydrogens (tertiary/aromatic N) is 4. The molecule has 0 aromatic carbocycles. The highest BCUT2D eigenvalue weighted by atomic mass is 32.2. The fraction of sp³-hybridized carbons (Fsp3) is 0.600. The Morgan fingerprint density at radius 3 is 2.86 bits per heavy atom. The van der Waals surface area contributed by atoms with E-state index in [9.17, 15) is 4.79 Å². The predicted octanol–water partition coefficient (Wildman–Crippen LogP) is 2.49. The summed E-state index contributed by atoms with van der Waals surface area (Å²) in [6, 6.07) is 0. The summed E-state index contributed by atoms with van der Waals surface area (Å²) < 4.78 is 6.77. The highest BCUT2D eigenvalue weighted by Gasteiger charge is 2.29. The van der Waals surface area contributed by atoms with Crippen molar-refractivity contribution in [3.63, 3.8) is 0 Å². The number of rotatable bonds is 5. The molecule has 3 heterocycles. The number of fused-ring (bicyclic) bond motifs is 1. The molecule has 0 N–H and O–H groups in total. The SMILES string of the molecule is CCCCc1c(C)nc2nc(SC3CCOC3=O)nn2c1C. The molecule has 1 unspecified atom stereocenters. The van der Waals surface area contributed by atoms with Crippen LogP contribution >= 0.6 is 11.8 Å². The molecular formula is C15H20N4O2S. The third-order valence-corrected chi connectivity index (χ3v) is 5.04. The molecule has 2 aromatic heterocycles. The van der Waals surface area contributed by atoms with Crippen LogP contribution in [-0.2, 0) is 16.0 Å². The zero-order valence-corrected chi connectivity index (χ0v) is 13.9. The topological polar surface area (TPSA) is 69.4 Å². The fourth-order valence-electron chi connectivity index (χ4n) is 2.67. The molecule has 1 saturated heterocycles. The molecular weight excluding hydrogens is 300 g/mol. The quantitative estimate of drug-likeness (QED) is 0.788. The molecule has 22 heavy (non-hydrogen) atoms. The van der Waals surface area contributed by atoms with Crippen molar-refractivity contribution >= 4 is 23.5 Å². The van der Waals surface area contributed by atoms with E-state index in [-0.39, 0.29) is 11.2 Å². The molecule has 3 rings (SSSR count). The summed E-state index contributed by atoms with van der Waals surface area (Å²) in [5.41, 5.74) is 3.35. The average Bonchev–Trinajstić information content (AvgIpc) is 3.06. The molecule has 0 bridgehead atoms. The van der Waals surface area contributed by atoms with Crippen LogP contribution in [0.1, 0.15) is 43.1 Å². The van der Waals surface area contributed by atoms with Gasteiger partial charge in [-0.05, 0) is 32.3 Å². The van der Waals surface area contributed by atoms with Crippen molar-refractivity contribution in [2.45, 2.75) is 56.9 Å². The first kappa shape index (κ1) is 15.3. The molecule has 1 aliphatic rings. The number of esters is 1. The zero-order chi connectivity index (χ0) is 15.7. The van der Waals surface area contributed by atoms with Gasteiger partial charge in [-0.3, -0.25) is 4.79 Å². The van der Waals surface area contributed by atoms with Crippen LogP contribution < -0.4 is 0 Å². The van der Waals surface area contributed by atoms with E-state index < -0.39 is 0 Å². The largest absolute Gasteiger partial charge is 0.465 e. The number of carbonyl (C=O) groups is 1. The molecule has 0 radical (unpaired) electrons. The lowest BCUT2D eigenvalue weighted by Crippen LogP contribution is -2.09. The summed E-state index contributed by atoms with van der Waals surface area (Å²) in [7, 11) is 0. The summed E-state index contributed by atoms with van der Waals surface area (Å²) in [4.78, 5) is 20.6. The minimum atomic E-state index is -0.196. The van der Waals surface area contributed by atoms with Crippen LogP contribution in [0.3, 0.4) is 0 Å². The third-order valence-electron chi connectivity index (χ3n) is 3.94. The van der Waals surface area contributed by atoms with Gasteiger partial charge in [-0.2, -0.15) is 4.98 Å². The van der Waals surface area contributed by atoms with Gasteiger partial charge in [0.05, 0.1) is 6.61 Å². The Balaban J connectivity index is 1.92. The maximum atomic E-state index is 11.6. The van der Waals surface area contributed by atoms with Crippen molar-refractivity contribution in [3.8, 4) is 0 Å². The Hall–Kier alpha value is -1.63. The van der Waals surface area contributed by atoms with Crippen LogP contribution in [0.25, 0.3) is 5.78 Å². The molecule has 0 aliphatic carbocycles. The first-order chi connectivity index (χ1) is 10.6. The second kappa shape index (κ2) is 6.24.